The first-order chi connectivity index (χ1) is 12.9. The fourth-order valence-electron chi connectivity index (χ4n) is 3.41. The molecule has 1 heterocycles. The van der Waals surface area contributed by atoms with E-state index in [9.17, 15) is 18.8 Å². The summed E-state index contributed by atoms with van der Waals surface area (Å²) in [4.78, 5) is 34.2. The van der Waals surface area contributed by atoms with Crippen LogP contribution in [0.3, 0.4) is 0 Å². The number of carbonyl (C=O) groups excluding carboxylic acids is 2. The van der Waals surface area contributed by atoms with Gasteiger partial charge in [-0.3, -0.25) is 14.4 Å². The van der Waals surface area contributed by atoms with Gasteiger partial charge in [0.1, 0.15) is 5.82 Å². The molecule has 1 aromatic carbocycles. The van der Waals surface area contributed by atoms with Crippen LogP contribution in [0.25, 0.3) is 0 Å². The lowest BCUT2D eigenvalue weighted by molar-refractivity contribution is -0.138. The summed E-state index contributed by atoms with van der Waals surface area (Å²) in [7, 11) is 0. The second kappa shape index (κ2) is 8.20. The van der Waals surface area contributed by atoms with Gasteiger partial charge in [-0.15, -0.1) is 5.11 Å². The highest BCUT2D eigenvalue weighted by atomic mass is 19.1. The van der Waals surface area contributed by atoms with Gasteiger partial charge < -0.3 is 10.4 Å². The molecule has 1 unspecified atom stereocenters. The summed E-state index contributed by atoms with van der Waals surface area (Å²) < 4.78 is 14.0. The van der Waals surface area contributed by atoms with Crippen LogP contribution >= 0.6 is 0 Å². The number of halogens is 1. The van der Waals surface area contributed by atoms with Gasteiger partial charge in [-0.05, 0) is 49.0 Å². The number of aliphatic carboxylic acids is 1. The molecule has 0 fully saturated rings. The number of carboxylic acids is 1. The number of nitrogens with zero attached hydrogens (tertiary/aromatic N) is 2. The molecule has 2 amide bonds. The fourth-order valence-corrected chi connectivity index (χ4v) is 3.41. The molecule has 0 bridgehead atoms. The molecule has 0 radical (unpaired) electrons. The van der Waals surface area contributed by atoms with Crippen molar-refractivity contribution in [1.82, 2.24) is 0 Å². The number of benzene rings is 1. The van der Waals surface area contributed by atoms with Crippen LogP contribution in [-0.4, -0.2) is 28.9 Å². The molecule has 8 heteroatoms. The van der Waals surface area contributed by atoms with Crippen molar-refractivity contribution in [3.8, 4) is 0 Å². The average molecular weight is 373 g/mol. The lowest BCUT2D eigenvalue weighted by Gasteiger charge is -2.25. The summed E-state index contributed by atoms with van der Waals surface area (Å²) in [6, 6.07) is 4.13. The monoisotopic (exact) mass is 373 g/mol. The standard InChI is InChI=1S/C19H20FN3O4/c20-14-6-5-11(10-16(14)21-17(24)7-8-18(25)26)9-15-12-3-1-2-4-13(12)19(27)23-22-15/h5-6,10,15H,1-4,7-9H2,(H,21,24)(H,25,26). The number of hydrogen-bond acceptors (Lipinski definition) is 4. The molecule has 0 spiro atoms. The van der Waals surface area contributed by atoms with Gasteiger partial charge in [-0.2, -0.15) is 5.11 Å². The number of nitrogens with one attached hydrogen (secondary N) is 1. The highest BCUT2D eigenvalue weighted by Gasteiger charge is 2.29. The molecule has 2 aliphatic rings. The number of azo groups is 1. The molecule has 27 heavy (non-hydrogen) atoms. The molecule has 142 valence electrons. The van der Waals surface area contributed by atoms with Gasteiger partial charge in [0.15, 0.2) is 0 Å². The van der Waals surface area contributed by atoms with Crippen LogP contribution in [0.5, 0.6) is 0 Å². The molecule has 1 atom stereocenters. The quantitative estimate of drug-likeness (QED) is 0.796. The molecule has 7 nitrogen and oxygen atoms in total. The van der Waals surface area contributed by atoms with Crippen LogP contribution in [0.15, 0.2) is 39.6 Å². The van der Waals surface area contributed by atoms with E-state index in [0.29, 0.717) is 6.42 Å². The van der Waals surface area contributed by atoms with Gasteiger partial charge in [0.2, 0.25) is 5.91 Å². The Kier molecular flexibility index (Phi) is 5.73. The Morgan fingerprint density at radius 2 is 2.00 bits per heavy atom. The van der Waals surface area contributed by atoms with Crippen LogP contribution in [0, 0.1) is 5.82 Å². The third kappa shape index (κ3) is 4.64. The maximum absolute atomic E-state index is 14.0. The van der Waals surface area contributed by atoms with Gasteiger partial charge in [0.25, 0.3) is 5.91 Å². The van der Waals surface area contributed by atoms with Gasteiger partial charge in [0.05, 0.1) is 18.2 Å². The largest absolute Gasteiger partial charge is 0.481 e. The lowest BCUT2D eigenvalue weighted by Crippen LogP contribution is -2.23. The maximum atomic E-state index is 14.0. The summed E-state index contributed by atoms with van der Waals surface area (Å²) in [5, 5.41) is 18.9. The minimum atomic E-state index is -1.09. The van der Waals surface area contributed by atoms with E-state index in [-0.39, 0.29) is 30.5 Å². The zero-order valence-electron chi connectivity index (χ0n) is 14.7. The molecule has 3 rings (SSSR count). The Balaban J connectivity index is 1.73. The van der Waals surface area contributed by atoms with Crippen molar-refractivity contribution < 1.29 is 23.9 Å². The van der Waals surface area contributed by atoms with E-state index in [2.05, 4.69) is 15.5 Å². The SMILES string of the molecule is O=C(O)CCC(=O)Nc1cc(CC2N=NC(=O)C3=C2CCCC3)ccc1F. The van der Waals surface area contributed by atoms with E-state index in [1.54, 1.807) is 6.07 Å². The minimum Gasteiger partial charge on any atom is -0.481 e. The van der Waals surface area contributed by atoms with Crippen LogP contribution in [0.1, 0.15) is 44.1 Å². The predicted molar refractivity (Wildman–Crippen MR) is 94.7 cm³/mol. The molecule has 1 aliphatic carbocycles. The van der Waals surface area contributed by atoms with Crippen molar-refractivity contribution in [3.05, 3.63) is 40.7 Å². The summed E-state index contributed by atoms with van der Waals surface area (Å²) in [6.07, 6.45) is 3.41. The van der Waals surface area contributed by atoms with E-state index >= 15 is 0 Å². The van der Waals surface area contributed by atoms with Gasteiger partial charge >= 0.3 is 5.97 Å². The third-order valence-electron chi connectivity index (χ3n) is 4.76. The Labute approximate surface area is 155 Å². The van der Waals surface area contributed by atoms with Crippen LogP contribution in [-0.2, 0) is 20.8 Å². The second-order valence-electron chi connectivity index (χ2n) is 6.71. The van der Waals surface area contributed by atoms with Gasteiger partial charge in [-0.1, -0.05) is 6.07 Å². The molecule has 0 saturated carbocycles. The van der Waals surface area contributed by atoms with E-state index in [1.807, 2.05) is 0 Å². The van der Waals surface area contributed by atoms with Gasteiger partial charge in [0, 0.05) is 18.4 Å². The topological polar surface area (TPSA) is 108 Å². The zero-order valence-corrected chi connectivity index (χ0v) is 14.7. The molecule has 1 aromatic rings. The predicted octanol–water partition coefficient (Wildman–Crippen LogP) is 3.40. The van der Waals surface area contributed by atoms with Crippen molar-refractivity contribution >= 4 is 23.5 Å². The Hall–Kier alpha value is -2.90. The number of rotatable bonds is 6. The first-order valence-electron chi connectivity index (χ1n) is 8.91. The molecular formula is C19H20FN3O4. The number of carbonyl (C=O) groups is 3. The average Bonchev–Trinajstić information content (AvgIpc) is 2.65. The van der Waals surface area contributed by atoms with Crippen molar-refractivity contribution in [2.75, 3.05) is 5.32 Å². The van der Waals surface area contributed by atoms with E-state index in [1.165, 1.54) is 12.1 Å². The van der Waals surface area contributed by atoms with Crippen LogP contribution < -0.4 is 5.32 Å². The van der Waals surface area contributed by atoms with Crippen molar-refractivity contribution in [2.45, 2.75) is 51.0 Å². The van der Waals surface area contributed by atoms with Crippen molar-refractivity contribution in [1.29, 1.82) is 0 Å². The lowest BCUT2D eigenvalue weighted by atomic mass is 9.84. The third-order valence-corrected chi connectivity index (χ3v) is 4.76. The highest BCUT2D eigenvalue weighted by Crippen LogP contribution is 2.34. The van der Waals surface area contributed by atoms with Crippen molar-refractivity contribution in [3.63, 3.8) is 0 Å². The van der Waals surface area contributed by atoms with Gasteiger partial charge in [-0.25, -0.2) is 4.39 Å². The van der Waals surface area contributed by atoms with Crippen LogP contribution in [0.4, 0.5) is 10.1 Å². The van der Waals surface area contributed by atoms with E-state index < -0.39 is 17.7 Å². The van der Waals surface area contributed by atoms with Crippen molar-refractivity contribution in [2.24, 2.45) is 10.2 Å². The van der Waals surface area contributed by atoms with E-state index in [4.69, 9.17) is 5.11 Å². The van der Waals surface area contributed by atoms with Crippen LogP contribution in [0.2, 0.25) is 0 Å². The maximum Gasteiger partial charge on any atom is 0.303 e. The Morgan fingerprint density at radius 3 is 2.78 bits per heavy atom. The number of anilines is 1. The summed E-state index contributed by atoms with van der Waals surface area (Å²) >= 11 is 0. The highest BCUT2D eigenvalue weighted by molar-refractivity contribution is 5.95. The number of carboxylic acid groups (broad SMARTS) is 1. The first kappa shape index (κ1) is 18.9. The molecule has 1 aliphatic heterocycles. The number of hydrogen-bond donors (Lipinski definition) is 2. The molecule has 0 aromatic heterocycles. The fraction of sp³-hybridized carbons (Fsp3) is 0.421. The second-order valence-corrected chi connectivity index (χ2v) is 6.71. The molecular weight excluding hydrogens is 353 g/mol. The zero-order chi connectivity index (χ0) is 19.4. The Morgan fingerprint density at radius 1 is 1.22 bits per heavy atom. The molecule has 2 N–H and O–H groups in total. The smallest absolute Gasteiger partial charge is 0.303 e. The summed E-state index contributed by atoms with van der Waals surface area (Å²) in [6.45, 7) is 0. The summed E-state index contributed by atoms with van der Waals surface area (Å²) in [5.74, 6) is -2.51. The van der Waals surface area contributed by atoms with E-state index in [0.717, 1.165) is 42.4 Å². The minimum absolute atomic E-state index is 0.00422. The summed E-state index contributed by atoms with van der Waals surface area (Å²) in [5.41, 5.74) is 2.52. The number of amides is 2. The molecule has 0 saturated heterocycles. The normalized spacial score (nSPS) is 19.0. The Bertz CT molecular complexity index is 847. The first-order valence-corrected chi connectivity index (χ1v) is 8.91.